The zero-order valence-electron chi connectivity index (χ0n) is 21.9. The fraction of sp³-hybridized carbons (Fsp3) is 0.720. The van der Waals surface area contributed by atoms with Crippen molar-refractivity contribution in [1.82, 2.24) is 15.5 Å². The zero-order valence-corrected chi connectivity index (χ0v) is 21.9. The summed E-state index contributed by atoms with van der Waals surface area (Å²) in [4.78, 5) is 60.5. The fourth-order valence-corrected chi connectivity index (χ4v) is 3.03. The molecule has 0 bridgehead atoms. The normalized spacial score (nSPS) is 16.6. The predicted octanol–water partition coefficient (Wildman–Crippen LogP) is 2.48. The van der Waals surface area contributed by atoms with Crippen molar-refractivity contribution in [3.05, 3.63) is 12.7 Å². The highest BCUT2D eigenvalue weighted by molar-refractivity contribution is 6.37. The lowest BCUT2D eigenvalue weighted by Crippen LogP contribution is -2.54. The average Bonchev–Trinajstić information content (AvgIpc) is 3.49. The SMILES string of the molecule is C=CC(=O)NCC(=O)N1CCCC1C(=O)NC(CC1CC1)C(=O)C(N)=O.CC.CCC.CCC. The van der Waals surface area contributed by atoms with E-state index in [2.05, 4.69) is 44.9 Å². The maximum Gasteiger partial charge on any atom is 0.287 e. The van der Waals surface area contributed by atoms with E-state index in [9.17, 15) is 24.0 Å². The summed E-state index contributed by atoms with van der Waals surface area (Å²) in [6.45, 7) is 16.0. The first-order valence-corrected chi connectivity index (χ1v) is 12.5. The molecule has 4 N–H and O–H groups in total. The summed E-state index contributed by atoms with van der Waals surface area (Å²) in [6, 6.07) is -1.68. The summed E-state index contributed by atoms with van der Waals surface area (Å²) in [5.41, 5.74) is 5.07. The standard InChI is InChI=1S/C17H24N4O5.2C3H8.C2H6/c1-2-13(22)19-9-14(23)21-7-3-4-12(21)17(26)20-11(8-10-5-6-10)15(24)16(18)25;2*1-3-2;1-2/h2,10-12H,1,3-9H2,(H2,18,25)(H,19,22)(H,20,26);2*3H2,1-2H3;1-2H3. The summed E-state index contributed by atoms with van der Waals surface area (Å²) >= 11 is 0. The van der Waals surface area contributed by atoms with Gasteiger partial charge in [0.2, 0.25) is 23.5 Å². The number of carbonyl (C=O) groups is 5. The molecule has 1 saturated heterocycles. The number of rotatable bonds is 9. The van der Waals surface area contributed by atoms with Gasteiger partial charge >= 0.3 is 0 Å². The Hall–Kier alpha value is -2.71. The van der Waals surface area contributed by atoms with E-state index in [4.69, 9.17) is 5.73 Å². The van der Waals surface area contributed by atoms with Crippen LogP contribution in [-0.2, 0) is 24.0 Å². The minimum Gasteiger partial charge on any atom is -0.363 e. The van der Waals surface area contributed by atoms with Crippen molar-refractivity contribution in [1.29, 1.82) is 0 Å². The Kier molecular flexibility index (Phi) is 19.4. The number of ketones is 1. The first-order chi connectivity index (χ1) is 16.2. The summed E-state index contributed by atoms with van der Waals surface area (Å²) in [5, 5.41) is 4.97. The van der Waals surface area contributed by atoms with E-state index in [-0.39, 0.29) is 6.54 Å². The van der Waals surface area contributed by atoms with Crippen LogP contribution in [0.4, 0.5) is 0 Å². The zero-order chi connectivity index (χ0) is 26.7. The number of likely N-dealkylation sites (tertiary alicyclic amines) is 1. The second-order valence-electron chi connectivity index (χ2n) is 8.05. The lowest BCUT2D eigenvalue weighted by Gasteiger charge is -2.26. The van der Waals surface area contributed by atoms with Crippen molar-refractivity contribution in [2.24, 2.45) is 11.7 Å². The minimum absolute atomic E-state index is 0.236. The summed E-state index contributed by atoms with van der Waals surface area (Å²) in [6.07, 6.45) is 6.93. The molecule has 196 valence electrons. The van der Waals surface area contributed by atoms with Crippen molar-refractivity contribution < 1.29 is 24.0 Å². The third-order valence-electron chi connectivity index (χ3n) is 4.62. The largest absolute Gasteiger partial charge is 0.363 e. The van der Waals surface area contributed by atoms with Gasteiger partial charge in [0.25, 0.3) is 5.91 Å². The molecule has 4 amide bonds. The van der Waals surface area contributed by atoms with E-state index in [1.807, 2.05) is 13.8 Å². The lowest BCUT2D eigenvalue weighted by molar-refractivity contribution is -0.141. The molecule has 2 fully saturated rings. The summed E-state index contributed by atoms with van der Waals surface area (Å²) in [5.74, 6) is -2.94. The Balaban J connectivity index is 0. The topological polar surface area (TPSA) is 139 Å². The van der Waals surface area contributed by atoms with Gasteiger partial charge in [-0.15, -0.1) is 0 Å². The highest BCUT2D eigenvalue weighted by atomic mass is 16.2. The Bertz CT molecular complexity index is 660. The molecular formula is C25H46N4O5. The van der Waals surface area contributed by atoms with Gasteiger partial charge in [-0.2, -0.15) is 0 Å². The number of amides is 4. The fourth-order valence-electron chi connectivity index (χ4n) is 3.03. The quantitative estimate of drug-likeness (QED) is 0.342. The summed E-state index contributed by atoms with van der Waals surface area (Å²) < 4.78 is 0. The molecule has 2 rings (SSSR count). The molecule has 1 aliphatic carbocycles. The van der Waals surface area contributed by atoms with Crippen molar-refractivity contribution in [2.75, 3.05) is 13.1 Å². The smallest absolute Gasteiger partial charge is 0.287 e. The molecule has 1 heterocycles. The minimum atomic E-state index is -1.08. The molecule has 0 radical (unpaired) electrons. The predicted molar refractivity (Wildman–Crippen MR) is 135 cm³/mol. The van der Waals surface area contributed by atoms with E-state index < -0.39 is 41.5 Å². The average molecular weight is 483 g/mol. The maximum atomic E-state index is 12.6. The molecule has 0 spiro atoms. The Morgan fingerprint density at radius 2 is 1.56 bits per heavy atom. The number of Topliss-reactive ketones (excluding diaryl/α,β-unsaturated/α-hetero) is 1. The van der Waals surface area contributed by atoms with Gasteiger partial charge < -0.3 is 21.3 Å². The van der Waals surface area contributed by atoms with Gasteiger partial charge in [0.1, 0.15) is 6.04 Å². The van der Waals surface area contributed by atoms with Crippen LogP contribution in [0.1, 0.15) is 86.5 Å². The van der Waals surface area contributed by atoms with Crippen LogP contribution in [0.15, 0.2) is 12.7 Å². The molecule has 34 heavy (non-hydrogen) atoms. The van der Waals surface area contributed by atoms with E-state index >= 15 is 0 Å². The van der Waals surface area contributed by atoms with Gasteiger partial charge in [0.05, 0.1) is 12.6 Å². The van der Waals surface area contributed by atoms with Crippen molar-refractivity contribution in [3.63, 3.8) is 0 Å². The molecule has 9 nitrogen and oxygen atoms in total. The van der Waals surface area contributed by atoms with E-state index in [1.54, 1.807) is 0 Å². The van der Waals surface area contributed by atoms with Crippen LogP contribution >= 0.6 is 0 Å². The highest BCUT2D eigenvalue weighted by Crippen LogP contribution is 2.33. The van der Waals surface area contributed by atoms with Crippen LogP contribution in [0.2, 0.25) is 0 Å². The molecular weight excluding hydrogens is 436 g/mol. The Morgan fingerprint density at radius 3 is 2.00 bits per heavy atom. The van der Waals surface area contributed by atoms with Crippen LogP contribution in [0.3, 0.4) is 0 Å². The van der Waals surface area contributed by atoms with Gasteiger partial charge in [0.15, 0.2) is 0 Å². The van der Waals surface area contributed by atoms with Gasteiger partial charge in [-0.3, -0.25) is 24.0 Å². The molecule has 2 atom stereocenters. The molecule has 2 unspecified atom stereocenters. The van der Waals surface area contributed by atoms with Crippen LogP contribution in [0.25, 0.3) is 0 Å². The van der Waals surface area contributed by atoms with Crippen molar-refractivity contribution >= 4 is 29.4 Å². The molecule has 9 heteroatoms. The maximum absolute atomic E-state index is 12.6. The first kappa shape index (κ1) is 33.5. The third-order valence-corrected chi connectivity index (χ3v) is 4.62. The van der Waals surface area contributed by atoms with Gasteiger partial charge in [0, 0.05) is 6.54 Å². The highest BCUT2D eigenvalue weighted by Gasteiger charge is 2.38. The second kappa shape index (κ2) is 19.7. The number of hydrogen-bond acceptors (Lipinski definition) is 5. The molecule has 0 aromatic heterocycles. The molecule has 1 saturated carbocycles. The number of nitrogens with one attached hydrogen (secondary N) is 2. The van der Waals surface area contributed by atoms with Gasteiger partial charge in [-0.1, -0.05) is 73.8 Å². The molecule has 1 aliphatic heterocycles. The van der Waals surface area contributed by atoms with Gasteiger partial charge in [-0.05, 0) is 31.3 Å². The van der Waals surface area contributed by atoms with Crippen molar-refractivity contribution in [3.8, 4) is 0 Å². The second-order valence-corrected chi connectivity index (χ2v) is 8.05. The first-order valence-electron chi connectivity index (χ1n) is 12.5. The molecule has 2 aliphatic rings. The Labute approximate surface area is 205 Å². The van der Waals surface area contributed by atoms with Crippen LogP contribution < -0.4 is 16.4 Å². The molecule has 0 aromatic rings. The van der Waals surface area contributed by atoms with Crippen molar-refractivity contribution in [2.45, 2.75) is 98.6 Å². The lowest BCUT2D eigenvalue weighted by atomic mass is 10.0. The van der Waals surface area contributed by atoms with Crippen LogP contribution in [0.5, 0.6) is 0 Å². The number of primary amides is 1. The van der Waals surface area contributed by atoms with E-state index in [1.165, 1.54) is 17.7 Å². The summed E-state index contributed by atoms with van der Waals surface area (Å²) in [7, 11) is 0. The number of hydrogen-bond donors (Lipinski definition) is 3. The number of nitrogens with zero attached hydrogens (tertiary/aromatic N) is 1. The third kappa shape index (κ3) is 13.7. The van der Waals surface area contributed by atoms with Crippen LogP contribution in [0, 0.1) is 5.92 Å². The van der Waals surface area contributed by atoms with Gasteiger partial charge in [-0.25, -0.2) is 0 Å². The van der Waals surface area contributed by atoms with Crippen LogP contribution in [-0.4, -0.2) is 59.5 Å². The van der Waals surface area contributed by atoms with E-state index in [0.717, 1.165) is 18.9 Å². The van der Waals surface area contributed by atoms with E-state index in [0.29, 0.717) is 31.7 Å². The Morgan fingerprint density at radius 1 is 1.03 bits per heavy atom. The number of carbonyl (C=O) groups excluding carboxylic acids is 5. The monoisotopic (exact) mass is 482 g/mol. The molecule has 0 aromatic carbocycles. The number of nitrogens with two attached hydrogens (primary N) is 1.